The number of benzene rings is 1. The lowest BCUT2D eigenvalue weighted by atomic mass is 9.99. The Morgan fingerprint density at radius 2 is 1.81 bits per heavy atom. The monoisotopic (exact) mass is 326 g/mol. The molecule has 2 aromatic rings. The molecule has 21 heavy (non-hydrogen) atoms. The smallest absolute Gasteiger partial charge is 0.199 e. The topological polar surface area (TPSA) is 52.0 Å². The minimum absolute atomic E-state index is 0.219. The van der Waals surface area contributed by atoms with Gasteiger partial charge in [0.25, 0.3) is 10.0 Å². The van der Waals surface area contributed by atoms with E-state index >= 15 is 0 Å². The maximum atomic E-state index is 12.6. The average Bonchev–Trinajstić information content (AvgIpc) is 2.74. The van der Waals surface area contributed by atoms with E-state index in [1.807, 2.05) is 12.1 Å². The van der Waals surface area contributed by atoms with Crippen LogP contribution in [0.3, 0.4) is 0 Å². The molecule has 0 unspecified atom stereocenters. The molecule has 0 aliphatic rings. The van der Waals surface area contributed by atoms with Crippen LogP contribution in [-0.4, -0.2) is 17.6 Å². The van der Waals surface area contributed by atoms with Crippen molar-refractivity contribution in [2.24, 2.45) is 0 Å². The van der Waals surface area contributed by atoms with Crippen LogP contribution in [0.15, 0.2) is 29.2 Å². The molecule has 0 saturated carbocycles. The fourth-order valence-electron chi connectivity index (χ4n) is 2.14. The Morgan fingerprint density at radius 1 is 1.24 bits per heavy atom. The predicted octanol–water partition coefficient (Wildman–Crippen LogP) is 3.90. The van der Waals surface area contributed by atoms with E-state index in [-0.39, 0.29) is 4.90 Å². The van der Waals surface area contributed by atoms with Crippen LogP contribution in [0.1, 0.15) is 43.1 Å². The van der Waals surface area contributed by atoms with E-state index < -0.39 is 10.0 Å². The second kappa shape index (κ2) is 5.81. The number of hydrogen-bond donors (Lipinski definition) is 0. The summed E-state index contributed by atoms with van der Waals surface area (Å²) in [4.78, 5) is 0.219. The predicted molar refractivity (Wildman–Crippen MR) is 84.4 cm³/mol. The number of halogens is 1. The molecule has 0 bridgehead atoms. The van der Waals surface area contributed by atoms with Crippen molar-refractivity contribution >= 4 is 21.6 Å². The zero-order valence-electron chi connectivity index (χ0n) is 12.6. The summed E-state index contributed by atoms with van der Waals surface area (Å²) in [5.41, 5.74) is 2.07. The minimum Gasteiger partial charge on any atom is -0.199 e. The molecule has 1 heterocycles. The van der Waals surface area contributed by atoms with Gasteiger partial charge in [-0.15, -0.1) is 0 Å². The number of aryl methyl sites for hydroxylation is 1. The molecule has 114 valence electrons. The Balaban J connectivity index is 2.47. The van der Waals surface area contributed by atoms with Crippen molar-refractivity contribution in [1.82, 2.24) is 9.19 Å². The third-order valence-corrected chi connectivity index (χ3v) is 5.98. The molecule has 0 aliphatic carbocycles. The zero-order valence-corrected chi connectivity index (χ0v) is 14.2. The Hall–Kier alpha value is -1.33. The van der Waals surface area contributed by atoms with Gasteiger partial charge in [-0.2, -0.15) is 17.6 Å². The van der Waals surface area contributed by atoms with E-state index in [0.29, 0.717) is 22.3 Å². The van der Waals surface area contributed by atoms with Crippen LogP contribution in [0.25, 0.3) is 0 Å². The molecule has 6 heteroatoms. The van der Waals surface area contributed by atoms with Gasteiger partial charge in [0, 0.05) is 0 Å². The van der Waals surface area contributed by atoms with Gasteiger partial charge in [0.15, 0.2) is 0 Å². The van der Waals surface area contributed by atoms with E-state index in [0.717, 1.165) is 16.1 Å². The molecule has 1 aromatic heterocycles. The van der Waals surface area contributed by atoms with Gasteiger partial charge in [-0.25, -0.2) is 0 Å². The highest BCUT2D eigenvalue weighted by atomic mass is 35.5. The molecular weight excluding hydrogens is 308 g/mol. The molecular formula is C15H19ClN2O2S. The van der Waals surface area contributed by atoms with Crippen molar-refractivity contribution in [2.45, 2.75) is 44.9 Å². The molecule has 0 aliphatic heterocycles. The summed E-state index contributed by atoms with van der Waals surface area (Å²) in [6, 6.07) is 6.96. The summed E-state index contributed by atoms with van der Waals surface area (Å²) in [5.74, 6) is 0.407. The standard InChI is InChI=1S/C15H19ClN2O2S/c1-5-10(2)13-6-8-14(9-7-13)21(19,20)18-12(4)15(16)11(3)17-18/h6-10H,5H2,1-4H3/t10-/m1/s1. The number of aromatic nitrogens is 2. The first-order valence-electron chi connectivity index (χ1n) is 6.86. The van der Waals surface area contributed by atoms with Crippen LogP contribution >= 0.6 is 11.6 Å². The first-order chi connectivity index (χ1) is 9.78. The van der Waals surface area contributed by atoms with Crippen molar-refractivity contribution < 1.29 is 8.42 Å². The van der Waals surface area contributed by atoms with Crippen LogP contribution < -0.4 is 0 Å². The largest absolute Gasteiger partial charge is 0.283 e. The molecule has 0 amide bonds. The van der Waals surface area contributed by atoms with Gasteiger partial charge < -0.3 is 0 Å². The lowest BCUT2D eigenvalue weighted by molar-refractivity contribution is 0.577. The second-order valence-electron chi connectivity index (χ2n) is 5.21. The van der Waals surface area contributed by atoms with Crippen LogP contribution in [0, 0.1) is 13.8 Å². The van der Waals surface area contributed by atoms with Crippen molar-refractivity contribution in [3.05, 3.63) is 46.2 Å². The lowest BCUT2D eigenvalue weighted by Crippen LogP contribution is -2.16. The van der Waals surface area contributed by atoms with Gasteiger partial charge in [-0.1, -0.05) is 37.6 Å². The van der Waals surface area contributed by atoms with Crippen molar-refractivity contribution in [3.63, 3.8) is 0 Å². The fraction of sp³-hybridized carbons (Fsp3) is 0.400. The van der Waals surface area contributed by atoms with E-state index in [4.69, 9.17) is 11.6 Å². The molecule has 4 nitrogen and oxygen atoms in total. The number of hydrogen-bond acceptors (Lipinski definition) is 3. The van der Waals surface area contributed by atoms with Gasteiger partial charge >= 0.3 is 0 Å². The quantitative estimate of drug-likeness (QED) is 0.856. The fourth-order valence-corrected chi connectivity index (χ4v) is 3.67. The van der Waals surface area contributed by atoms with Crippen molar-refractivity contribution in [3.8, 4) is 0 Å². The first kappa shape index (κ1) is 16.0. The van der Waals surface area contributed by atoms with Crippen molar-refractivity contribution in [2.75, 3.05) is 0 Å². The second-order valence-corrected chi connectivity index (χ2v) is 7.36. The third-order valence-electron chi connectivity index (χ3n) is 3.75. The van der Waals surface area contributed by atoms with Crippen LogP contribution in [0.5, 0.6) is 0 Å². The van der Waals surface area contributed by atoms with Gasteiger partial charge in [-0.05, 0) is 43.9 Å². The molecule has 0 fully saturated rings. The number of nitrogens with zero attached hydrogens (tertiary/aromatic N) is 2. The Labute approximate surface area is 130 Å². The molecule has 0 N–H and O–H groups in total. The molecule has 1 aromatic carbocycles. The highest BCUT2D eigenvalue weighted by Crippen LogP contribution is 2.25. The third kappa shape index (κ3) is 2.85. The van der Waals surface area contributed by atoms with E-state index in [2.05, 4.69) is 18.9 Å². The van der Waals surface area contributed by atoms with E-state index in [9.17, 15) is 8.42 Å². The summed E-state index contributed by atoms with van der Waals surface area (Å²) in [6.45, 7) is 7.55. The summed E-state index contributed by atoms with van der Waals surface area (Å²) in [5, 5.41) is 4.41. The first-order valence-corrected chi connectivity index (χ1v) is 8.68. The molecule has 0 radical (unpaired) electrons. The van der Waals surface area contributed by atoms with Gasteiger partial charge in [0.2, 0.25) is 0 Å². The molecule has 2 rings (SSSR count). The maximum Gasteiger partial charge on any atom is 0.283 e. The lowest BCUT2D eigenvalue weighted by Gasteiger charge is -2.11. The summed E-state index contributed by atoms with van der Waals surface area (Å²) >= 11 is 6.03. The van der Waals surface area contributed by atoms with Gasteiger partial charge in [-0.3, -0.25) is 0 Å². The van der Waals surface area contributed by atoms with Crippen molar-refractivity contribution in [1.29, 1.82) is 0 Å². The van der Waals surface area contributed by atoms with Crippen LogP contribution in [0.2, 0.25) is 5.02 Å². The Kier molecular flexibility index (Phi) is 4.44. The highest BCUT2D eigenvalue weighted by molar-refractivity contribution is 7.89. The molecule has 0 saturated heterocycles. The van der Waals surface area contributed by atoms with Crippen LogP contribution in [0.4, 0.5) is 0 Å². The van der Waals surface area contributed by atoms with Crippen LogP contribution in [-0.2, 0) is 10.0 Å². The summed E-state index contributed by atoms with van der Waals surface area (Å²) in [7, 11) is -3.70. The van der Waals surface area contributed by atoms with Gasteiger partial charge in [0.05, 0.1) is 21.3 Å². The molecule has 1 atom stereocenters. The normalized spacial score (nSPS) is 13.4. The van der Waals surface area contributed by atoms with Gasteiger partial charge in [0.1, 0.15) is 0 Å². The Morgan fingerprint density at radius 3 is 2.24 bits per heavy atom. The average molecular weight is 327 g/mol. The zero-order chi connectivity index (χ0) is 15.8. The maximum absolute atomic E-state index is 12.6. The SMILES string of the molecule is CC[C@@H](C)c1ccc(S(=O)(=O)n2nc(C)c(Cl)c2C)cc1. The molecule has 0 spiro atoms. The summed E-state index contributed by atoms with van der Waals surface area (Å²) in [6.07, 6.45) is 1.01. The summed E-state index contributed by atoms with van der Waals surface area (Å²) < 4.78 is 26.2. The van der Waals surface area contributed by atoms with E-state index in [1.165, 1.54) is 0 Å². The van der Waals surface area contributed by atoms with E-state index in [1.54, 1.807) is 26.0 Å². The highest BCUT2D eigenvalue weighted by Gasteiger charge is 2.23. The number of rotatable bonds is 4. The minimum atomic E-state index is -3.70. The Bertz CT molecular complexity index is 749.